The van der Waals surface area contributed by atoms with Crippen molar-refractivity contribution >= 4 is 22.9 Å². The highest BCUT2D eigenvalue weighted by atomic mass is 35.5. The van der Waals surface area contributed by atoms with Gasteiger partial charge in [0.15, 0.2) is 0 Å². The first kappa shape index (κ1) is 10.7. The highest BCUT2D eigenvalue weighted by molar-refractivity contribution is 7.19. The van der Waals surface area contributed by atoms with Crippen LogP contribution in [-0.2, 0) is 0 Å². The van der Waals surface area contributed by atoms with Gasteiger partial charge in [-0.25, -0.2) is 0 Å². The molecular formula is C13H13ClS. The van der Waals surface area contributed by atoms with Gasteiger partial charge in [0.25, 0.3) is 0 Å². The van der Waals surface area contributed by atoms with Gasteiger partial charge in [0, 0.05) is 4.88 Å². The molecule has 0 fully saturated rings. The Kier molecular flexibility index (Phi) is 3.13. The van der Waals surface area contributed by atoms with E-state index in [1.54, 1.807) is 11.3 Å². The summed E-state index contributed by atoms with van der Waals surface area (Å²) in [7, 11) is 0. The number of halogens is 1. The molecule has 15 heavy (non-hydrogen) atoms. The van der Waals surface area contributed by atoms with Gasteiger partial charge in [-0.05, 0) is 29.2 Å². The van der Waals surface area contributed by atoms with Crippen molar-refractivity contribution in [3.8, 4) is 10.4 Å². The minimum atomic E-state index is 0.589. The Morgan fingerprint density at radius 1 is 1.00 bits per heavy atom. The van der Waals surface area contributed by atoms with E-state index in [0.29, 0.717) is 5.92 Å². The van der Waals surface area contributed by atoms with Crippen LogP contribution < -0.4 is 0 Å². The summed E-state index contributed by atoms with van der Waals surface area (Å²) in [6, 6.07) is 12.7. The monoisotopic (exact) mass is 236 g/mol. The highest BCUT2D eigenvalue weighted by Crippen LogP contribution is 2.31. The molecule has 1 heterocycles. The van der Waals surface area contributed by atoms with Gasteiger partial charge in [0.1, 0.15) is 0 Å². The molecule has 1 aromatic carbocycles. The maximum Gasteiger partial charge on any atom is 0.0934 e. The molecule has 0 aliphatic heterocycles. The van der Waals surface area contributed by atoms with Crippen molar-refractivity contribution in [1.82, 2.24) is 0 Å². The lowest BCUT2D eigenvalue weighted by Gasteiger charge is -2.05. The lowest BCUT2D eigenvalue weighted by Crippen LogP contribution is -1.85. The molecule has 0 saturated heterocycles. The molecule has 0 aliphatic carbocycles. The third-order valence-corrected chi connectivity index (χ3v) is 3.72. The number of hydrogen-bond acceptors (Lipinski definition) is 1. The van der Waals surface area contributed by atoms with E-state index >= 15 is 0 Å². The number of thiophene rings is 1. The van der Waals surface area contributed by atoms with Crippen LogP contribution in [0.1, 0.15) is 25.3 Å². The van der Waals surface area contributed by atoms with Crippen molar-refractivity contribution in [2.75, 3.05) is 0 Å². The normalized spacial score (nSPS) is 10.9. The van der Waals surface area contributed by atoms with Crippen molar-refractivity contribution in [3.63, 3.8) is 0 Å². The van der Waals surface area contributed by atoms with Crippen molar-refractivity contribution in [1.29, 1.82) is 0 Å². The van der Waals surface area contributed by atoms with Gasteiger partial charge in [0.2, 0.25) is 0 Å². The molecule has 0 N–H and O–H groups in total. The standard InChI is InChI=1S/C13H13ClS/c1-9(2)10-3-5-11(6-4-10)12-7-8-13(14)15-12/h3-9H,1-2H3. The molecule has 1 aromatic heterocycles. The summed E-state index contributed by atoms with van der Waals surface area (Å²) < 4.78 is 0.845. The third kappa shape index (κ3) is 2.42. The highest BCUT2D eigenvalue weighted by Gasteiger charge is 2.02. The molecule has 2 rings (SSSR count). The average molecular weight is 237 g/mol. The van der Waals surface area contributed by atoms with E-state index in [2.05, 4.69) is 44.2 Å². The second-order valence-corrected chi connectivity index (χ2v) is 5.60. The Morgan fingerprint density at radius 2 is 1.67 bits per heavy atom. The van der Waals surface area contributed by atoms with Crippen LogP contribution in [0.25, 0.3) is 10.4 Å². The first-order chi connectivity index (χ1) is 7.16. The molecule has 0 bridgehead atoms. The first-order valence-electron chi connectivity index (χ1n) is 5.02. The van der Waals surface area contributed by atoms with E-state index in [-0.39, 0.29) is 0 Å². The van der Waals surface area contributed by atoms with Gasteiger partial charge in [-0.15, -0.1) is 11.3 Å². The molecule has 2 heteroatoms. The van der Waals surface area contributed by atoms with Crippen LogP contribution in [-0.4, -0.2) is 0 Å². The molecule has 0 nitrogen and oxygen atoms in total. The summed E-state index contributed by atoms with van der Waals surface area (Å²) in [5.41, 5.74) is 2.62. The molecular weight excluding hydrogens is 224 g/mol. The van der Waals surface area contributed by atoms with Gasteiger partial charge >= 0.3 is 0 Å². The van der Waals surface area contributed by atoms with Gasteiger partial charge in [-0.3, -0.25) is 0 Å². The van der Waals surface area contributed by atoms with Crippen LogP contribution in [0.5, 0.6) is 0 Å². The number of benzene rings is 1. The van der Waals surface area contributed by atoms with E-state index in [1.807, 2.05) is 6.07 Å². The van der Waals surface area contributed by atoms with Gasteiger partial charge in [-0.1, -0.05) is 49.7 Å². The topological polar surface area (TPSA) is 0 Å². The molecule has 78 valence electrons. The fourth-order valence-corrected chi connectivity index (χ4v) is 2.55. The molecule has 2 aromatic rings. The maximum absolute atomic E-state index is 5.91. The van der Waals surface area contributed by atoms with Crippen molar-refractivity contribution in [2.24, 2.45) is 0 Å². The molecule has 0 saturated carbocycles. The van der Waals surface area contributed by atoms with Crippen molar-refractivity contribution in [2.45, 2.75) is 19.8 Å². The fraction of sp³-hybridized carbons (Fsp3) is 0.231. The minimum absolute atomic E-state index is 0.589. The van der Waals surface area contributed by atoms with E-state index in [1.165, 1.54) is 16.0 Å². The lowest BCUT2D eigenvalue weighted by molar-refractivity contribution is 0.867. The zero-order valence-corrected chi connectivity index (χ0v) is 10.4. The molecule has 0 radical (unpaired) electrons. The molecule has 0 atom stereocenters. The Hall–Kier alpha value is -0.790. The summed E-state index contributed by atoms with van der Waals surface area (Å²) in [4.78, 5) is 1.23. The van der Waals surface area contributed by atoms with E-state index in [0.717, 1.165) is 4.34 Å². The fourth-order valence-electron chi connectivity index (χ4n) is 1.50. The lowest BCUT2D eigenvalue weighted by atomic mass is 10.0. The van der Waals surface area contributed by atoms with E-state index in [4.69, 9.17) is 11.6 Å². The van der Waals surface area contributed by atoms with Crippen LogP contribution in [0, 0.1) is 0 Å². The Morgan fingerprint density at radius 3 is 2.13 bits per heavy atom. The van der Waals surface area contributed by atoms with Crippen LogP contribution in [0.4, 0.5) is 0 Å². The maximum atomic E-state index is 5.91. The Balaban J connectivity index is 2.31. The van der Waals surface area contributed by atoms with Crippen molar-refractivity contribution in [3.05, 3.63) is 46.3 Å². The third-order valence-electron chi connectivity index (χ3n) is 2.44. The largest absolute Gasteiger partial charge is 0.123 e. The van der Waals surface area contributed by atoms with Crippen LogP contribution in [0.2, 0.25) is 4.34 Å². The van der Waals surface area contributed by atoms with Crippen molar-refractivity contribution < 1.29 is 0 Å². The minimum Gasteiger partial charge on any atom is -0.123 e. The smallest absolute Gasteiger partial charge is 0.0934 e. The molecule has 0 unspecified atom stereocenters. The Labute approximate surface area is 99.5 Å². The second kappa shape index (κ2) is 4.38. The number of rotatable bonds is 2. The molecule has 0 aliphatic rings. The van der Waals surface area contributed by atoms with Crippen LogP contribution in [0.15, 0.2) is 36.4 Å². The predicted molar refractivity (Wildman–Crippen MR) is 68.9 cm³/mol. The summed E-state index contributed by atoms with van der Waals surface area (Å²) >= 11 is 7.53. The van der Waals surface area contributed by atoms with Gasteiger partial charge < -0.3 is 0 Å². The van der Waals surface area contributed by atoms with E-state index < -0.39 is 0 Å². The summed E-state index contributed by atoms with van der Waals surface area (Å²) in [6.45, 7) is 4.41. The summed E-state index contributed by atoms with van der Waals surface area (Å²) in [5, 5.41) is 0. The zero-order valence-electron chi connectivity index (χ0n) is 8.83. The summed E-state index contributed by atoms with van der Waals surface area (Å²) in [6.07, 6.45) is 0. The van der Waals surface area contributed by atoms with E-state index in [9.17, 15) is 0 Å². The van der Waals surface area contributed by atoms with Gasteiger partial charge in [0.05, 0.1) is 4.34 Å². The first-order valence-corrected chi connectivity index (χ1v) is 6.22. The SMILES string of the molecule is CC(C)c1ccc(-c2ccc(Cl)s2)cc1. The predicted octanol–water partition coefficient (Wildman–Crippen LogP) is 5.19. The Bertz CT molecular complexity index is 440. The van der Waals surface area contributed by atoms with Gasteiger partial charge in [-0.2, -0.15) is 0 Å². The quantitative estimate of drug-likeness (QED) is 0.673. The average Bonchev–Trinajstić information content (AvgIpc) is 2.65. The van der Waals surface area contributed by atoms with Crippen LogP contribution >= 0.6 is 22.9 Å². The van der Waals surface area contributed by atoms with Crippen LogP contribution in [0.3, 0.4) is 0 Å². The molecule has 0 amide bonds. The zero-order chi connectivity index (χ0) is 10.8. The second-order valence-electron chi connectivity index (χ2n) is 3.88. The summed E-state index contributed by atoms with van der Waals surface area (Å²) in [5.74, 6) is 0.589. The molecule has 0 spiro atoms. The number of hydrogen-bond donors (Lipinski definition) is 0.